The monoisotopic (exact) mass is 275 g/mol. The van der Waals surface area contributed by atoms with Crippen molar-refractivity contribution >= 4 is 21.8 Å². The number of hydrogen-bond acceptors (Lipinski definition) is 1. The Morgan fingerprint density at radius 3 is 2.73 bits per heavy atom. The van der Waals surface area contributed by atoms with E-state index in [2.05, 4.69) is 35.1 Å². The maximum absolute atomic E-state index is 11.7. The molecule has 3 heteroatoms. The lowest BCUT2D eigenvalue weighted by molar-refractivity contribution is -0.121. The molecule has 88 valence electrons. The van der Waals surface area contributed by atoms with Gasteiger partial charge in [0.25, 0.3) is 0 Å². The lowest BCUT2D eigenvalue weighted by Gasteiger charge is -2.35. The number of alkyl halides is 1. The molecular weight excluding hydrogens is 254 g/mol. The molecule has 0 aromatic carbocycles. The van der Waals surface area contributed by atoms with Gasteiger partial charge in [0.15, 0.2) is 0 Å². The number of amides is 1. The third kappa shape index (κ3) is 3.47. The molecule has 0 heterocycles. The van der Waals surface area contributed by atoms with Crippen LogP contribution >= 0.6 is 15.9 Å². The number of carbonyl (C=O) groups is 1. The summed E-state index contributed by atoms with van der Waals surface area (Å²) in [6.07, 6.45) is 4.54. The Bertz CT molecular complexity index is 220. The van der Waals surface area contributed by atoms with Crippen molar-refractivity contribution in [2.75, 3.05) is 0 Å². The zero-order valence-corrected chi connectivity index (χ0v) is 11.5. The van der Waals surface area contributed by atoms with E-state index in [0.29, 0.717) is 12.0 Å². The summed E-state index contributed by atoms with van der Waals surface area (Å²) in [5.41, 5.74) is 0. The van der Waals surface area contributed by atoms with Gasteiger partial charge in [-0.25, -0.2) is 0 Å². The molecule has 1 aliphatic carbocycles. The quantitative estimate of drug-likeness (QED) is 0.788. The maximum Gasteiger partial charge on any atom is 0.233 e. The topological polar surface area (TPSA) is 29.1 Å². The second-order valence-electron chi connectivity index (χ2n) is 4.76. The predicted molar refractivity (Wildman–Crippen MR) is 67.1 cm³/mol. The SMILES string of the molecule is CCC(Br)C(=O)NC1CCCC(C)C1C. The van der Waals surface area contributed by atoms with E-state index in [-0.39, 0.29) is 10.7 Å². The second-order valence-corrected chi connectivity index (χ2v) is 5.86. The Morgan fingerprint density at radius 2 is 2.13 bits per heavy atom. The Hall–Kier alpha value is -0.0500. The molecular formula is C12H22BrNO. The van der Waals surface area contributed by atoms with Crippen molar-refractivity contribution in [2.24, 2.45) is 11.8 Å². The molecule has 0 radical (unpaired) electrons. The third-order valence-electron chi connectivity index (χ3n) is 3.68. The summed E-state index contributed by atoms with van der Waals surface area (Å²) in [5, 5.41) is 3.16. The van der Waals surface area contributed by atoms with Crippen molar-refractivity contribution in [3.05, 3.63) is 0 Å². The molecule has 0 bridgehead atoms. The molecule has 4 unspecified atom stereocenters. The minimum atomic E-state index is -0.0260. The molecule has 1 saturated carbocycles. The molecule has 0 aliphatic heterocycles. The Balaban J connectivity index is 2.46. The fraction of sp³-hybridized carbons (Fsp3) is 0.917. The van der Waals surface area contributed by atoms with Crippen LogP contribution in [0.2, 0.25) is 0 Å². The van der Waals surface area contributed by atoms with Crippen LogP contribution in [0.5, 0.6) is 0 Å². The first-order valence-corrected chi connectivity index (χ1v) is 6.92. The van der Waals surface area contributed by atoms with Crippen LogP contribution in [0.3, 0.4) is 0 Å². The fourth-order valence-corrected chi connectivity index (χ4v) is 2.38. The summed E-state index contributed by atoms with van der Waals surface area (Å²) in [6, 6.07) is 0.382. The van der Waals surface area contributed by atoms with Crippen LogP contribution in [0, 0.1) is 11.8 Å². The fourth-order valence-electron chi connectivity index (χ4n) is 2.24. The van der Waals surface area contributed by atoms with E-state index >= 15 is 0 Å². The Kier molecular flexibility index (Phi) is 5.10. The van der Waals surface area contributed by atoms with Crippen LogP contribution < -0.4 is 5.32 Å². The number of nitrogens with one attached hydrogen (secondary N) is 1. The molecule has 0 aromatic rings. The Labute approximate surface area is 101 Å². The van der Waals surface area contributed by atoms with Crippen LogP contribution in [0.25, 0.3) is 0 Å². The van der Waals surface area contributed by atoms with Crippen molar-refractivity contribution in [3.8, 4) is 0 Å². The van der Waals surface area contributed by atoms with Crippen LogP contribution in [-0.4, -0.2) is 16.8 Å². The maximum atomic E-state index is 11.7. The average molecular weight is 276 g/mol. The van der Waals surface area contributed by atoms with Gasteiger partial charge in [0.05, 0.1) is 4.83 Å². The molecule has 2 nitrogen and oxygen atoms in total. The highest BCUT2D eigenvalue weighted by molar-refractivity contribution is 9.10. The minimum absolute atomic E-state index is 0.0260. The van der Waals surface area contributed by atoms with Gasteiger partial charge in [0, 0.05) is 6.04 Å². The molecule has 1 aliphatic rings. The minimum Gasteiger partial charge on any atom is -0.352 e. The summed E-state index contributed by atoms with van der Waals surface area (Å²) in [6.45, 7) is 6.56. The highest BCUT2D eigenvalue weighted by atomic mass is 79.9. The van der Waals surface area contributed by atoms with Gasteiger partial charge in [-0.2, -0.15) is 0 Å². The smallest absolute Gasteiger partial charge is 0.233 e. The molecule has 1 fully saturated rings. The van der Waals surface area contributed by atoms with Crippen LogP contribution in [-0.2, 0) is 4.79 Å². The standard InChI is InChI=1S/C12H22BrNO/c1-4-10(13)12(15)14-11-7-5-6-8(2)9(11)3/h8-11H,4-7H2,1-3H3,(H,14,15). The third-order valence-corrected chi connectivity index (χ3v) is 4.74. The molecule has 15 heavy (non-hydrogen) atoms. The number of carbonyl (C=O) groups excluding carboxylic acids is 1. The summed E-state index contributed by atoms with van der Waals surface area (Å²) < 4.78 is 0. The van der Waals surface area contributed by atoms with E-state index < -0.39 is 0 Å². The van der Waals surface area contributed by atoms with Crippen molar-refractivity contribution in [2.45, 2.75) is 57.3 Å². The number of halogens is 1. The first kappa shape index (κ1) is 13.0. The van der Waals surface area contributed by atoms with Crippen molar-refractivity contribution in [1.29, 1.82) is 0 Å². The molecule has 1 amide bonds. The van der Waals surface area contributed by atoms with E-state index in [1.54, 1.807) is 0 Å². The summed E-state index contributed by atoms with van der Waals surface area (Å²) >= 11 is 3.39. The van der Waals surface area contributed by atoms with Crippen LogP contribution in [0.15, 0.2) is 0 Å². The van der Waals surface area contributed by atoms with E-state index in [4.69, 9.17) is 0 Å². The van der Waals surface area contributed by atoms with E-state index in [0.717, 1.165) is 18.8 Å². The van der Waals surface area contributed by atoms with Gasteiger partial charge in [0.1, 0.15) is 0 Å². The predicted octanol–water partition coefficient (Wildman–Crippen LogP) is 3.10. The molecule has 0 aromatic heterocycles. The normalized spacial score (nSPS) is 33.5. The van der Waals surface area contributed by atoms with Gasteiger partial charge < -0.3 is 5.32 Å². The lowest BCUT2D eigenvalue weighted by Crippen LogP contribution is -2.46. The van der Waals surface area contributed by atoms with E-state index in [9.17, 15) is 4.79 Å². The van der Waals surface area contributed by atoms with Gasteiger partial charge in [0.2, 0.25) is 5.91 Å². The van der Waals surface area contributed by atoms with Crippen LogP contribution in [0.4, 0.5) is 0 Å². The van der Waals surface area contributed by atoms with E-state index in [1.807, 2.05) is 6.92 Å². The molecule has 1 N–H and O–H groups in total. The van der Waals surface area contributed by atoms with Gasteiger partial charge in [-0.3, -0.25) is 4.79 Å². The first-order valence-electron chi connectivity index (χ1n) is 6.00. The highest BCUT2D eigenvalue weighted by Gasteiger charge is 2.29. The molecule has 4 atom stereocenters. The first-order chi connectivity index (χ1) is 7.06. The van der Waals surface area contributed by atoms with E-state index in [1.165, 1.54) is 12.8 Å². The summed E-state index contributed by atoms with van der Waals surface area (Å²) in [7, 11) is 0. The zero-order chi connectivity index (χ0) is 11.4. The van der Waals surface area contributed by atoms with Crippen molar-refractivity contribution < 1.29 is 4.79 Å². The molecule has 0 saturated heterocycles. The molecule has 0 spiro atoms. The Morgan fingerprint density at radius 1 is 1.47 bits per heavy atom. The van der Waals surface area contributed by atoms with Gasteiger partial charge in [-0.1, -0.05) is 49.5 Å². The molecule has 1 rings (SSSR count). The van der Waals surface area contributed by atoms with Gasteiger partial charge >= 0.3 is 0 Å². The number of rotatable bonds is 3. The number of hydrogen-bond donors (Lipinski definition) is 1. The summed E-state index contributed by atoms with van der Waals surface area (Å²) in [5.74, 6) is 1.50. The van der Waals surface area contributed by atoms with Crippen LogP contribution in [0.1, 0.15) is 46.5 Å². The van der Waals surface area contributed by atoms with Gasteiger partial charge in [-0.05, 0) is 24.7 Å². The zero-order valence-electron chi connectivity index (χ0n) is 9.92. The largest absolute Gasteiger partial charge is 0.352 e. The second kappa shape index (κ2) is 5.88. The lowest BCUT2D eigenvalue weighted by atomic mass is 9.78. The average Bonchev–Trinajstić information content (AvgIpc) is 2.23. The van der Waals surface area contributed by atoms with Crippen molar-refractivity contribution in [3.63, 3.8) is 0 Å². The van der Waals surface area contributed by atoms with Gasteiger partial charge in [-0.15, -0.1) is 0 Å². The summed E-state index contributed by atoms with van der Waals surface area (Å²) in [4.78, 5) is 11.7. The van der Waals surface area contributed by atoms with Crippen molar-refractivity contribution in [1.82, 2.24) is 5.32 Å². The highest BCUT2D eigenvalue weighted by Crippen LogP contribution is 2.29.